The maximum Gasteiger partial charge on any atom is 0.320 e. The number of carbonyl (C=O) groups is 1. The number of thiol groups is 1. The van der Waals surface area contributed by atoms with Crippen molar-refractivity contribution in [3.63, 3.8) is 0 Å². The fourth-order valence-electron chi connectivity index (χ4n) is 0.263. The predicted octanol–water partition coefficient (Wildman–Crippen LogP) is -0.284. The first-order valence-electron chi connectivity index (χ1n) is 2.27. The fraction of sp³-hybridized carbons (Fsp3) is 0.750. The number of aliphatic carboxylic acids is 1. The van der Waals surface area contributed by atoms with E-state index in [2.05, 4.69) is 12.6 Å². The maximum absolute atomic E-state index is 9.93. The van der Waals surface area contributed by atoms with Gasteiger partial charge in [-0.2, -0.15) is 12.6 Å². The number of hydrogen-bond donors (Lipinski definition) is 3. The quantitative estimate of drug-likeness (QED) is 0.432. The summed E-state index contributed by atoms with van der Waals surface area (Å²) in [6, 6.07) is -0.743. The smallest absolute Gasteiger partial charge is 0.320 e. The molecule has 0 rings (SSSR count). The van der Waals surface area contributed by atoms with Gasteiger partial charge >= 0.3 is 5.97 Å². The largest absolute Gasteiger partial charge is 0.480 e. The van der Waals surface area contributed by atoms with Gasteiger partial charge in [-0.1, -0.05) is 0 Å². The molecule has 0 aliphatic rings. The molecule has 59 valence electrons. The van der Waals surface area contributed by atoms with Crippen LogP contribution in [0.4, 0.5) is 0 Å². The Hall–Kier alpha value is 0.299. The van der Waals surface area contributed by atoms with Crippen molar-refractivity contribution in [3.05, 3.63) is 0 Å². The molecule has 0 heterocycles. The first-order valence-corrected chi connectivity index (χ1v) is 2.91. The van der Waals surface area contributed by atoms with E-state index in [1.807, 2.05) is 0 Å². The second-order valence-corrected chi connectivity index (χ2v) is 1.90. The Bertz CT molecular complexity index is 90.6. The Labute approximate surface area is 69.9 Å². The second kappa shape index (κ2) is 6.42. The van der Waals surface area contributed by atoms with Gasteiger partial charge in [0.25, 0.3) is 0 Å². The van der Waals surface area contributed by atoms with Crippen molar-refractivity contribution in [1.82, 2.24) is 0 Å². The van der Waals surface area contributed by atoms with E-state index in [4.69, 9.17) is 10.8 Å². The van der Waals surface area contributed by atoms with Crippen LogP contribution in [-0.4, -0.2) is 22.9 Å². The zero-order chi connectivity index (χ0) is 6.57. The summed E-state index contributed by atoms with van der Waals surface area (Å²) in [5.74, 6) is -0.438. The van der Waals surface area contributed by atoms with E-state index in [1.54, 1.807) is 0 Å². The topological polar surface area (TPSA) is 63.3 Å². The van der Waals surface area contributed by atoms with Crippen LogP contribution in [0.5, 0.6) is 0 Å². The molecule has 0 aromatic rings. The van der Waals surface area contributed by atoms with Crippen LogP contribution >= 0.6 is 12.6 Å². The Morgan fingerprint density at radius 1 is 1.78 bits per heavy atom. The molecule has 0 saturated carbocycles. The molecule has 5 heteroatoms. The second-order valence-electron chi connectivity index (χ2n) is 1.46. The van der Waals surface area contributed by atoms with E-state index in [9.17, 15) is 4.79 Å². The number of rotatable bonds is 3. The summed E-state index contributed by atoms with van der Waals surface area (Å²) in [5, 5.41) is 8.15. The zero-order valence-electron chi connectivity index (χ0n) is 4.67. The first-order chi connectivity index (χ1) is 3.68. The van der Waals surface area contributed by atoms with Crippen LogP contribution in [0.3, 0.4) is 0 Å². The summed E-state index contributed by atoms with van der Waals surface area (Å²) in [6.45, 7) is 0. The van der Waals surface area contributed by atoms with Crippen molar-refractivity contribution in [2.24, 2.45) is 5.73 Å². The van der Waals surface area contributed by atoms with E-state index in [-0.39, 0.29) is 17.1 Å². The van der Waals surface area contributed by atoms with Crippen molar-refractivity contribution >= 4 is 18.6 Å². The molecule has 3 nitrogen and oxygen atoms in total. The zero-order valence-corrected chi connectivity index (χ0v) is 6.51. The third-order valence-corrected chi connectivity index (χ3v) is 1.02. The van der Waals surface area contributed by atoms with Gasteiger partial charge in [-0.25, -0.2) is 0 Å². The molecular formula is C4H9CuNO2S. The third-order valence-electron chi connectivity index (χ3n) is 0.757. The predicted molar refractivity (Wildman–Crippen MR) is 34.1 cm³/mol. The van der Waals surface area contributed by atoms with Gasteiger partial charge < -0.3 is 10.8 Å². The van der Waals surface area contributed by atoms with Gasteiger partial charge in [-0.3, -0.25) is 4.79 Å². The normalized spacial score (nSPS) is 11.8. The number of carboxylic acid groups (broad SMARTS) is 1. The Balaban J connectivity index is 0. The number of carboxylic acids is 1. The van der Waals surface area contributed by atoms with Gasteiger partial charge in [0.2, 0.25) is 0 Å². The summed E-state index contributed by atoms with van der Waals surface area (Å²) in [6.07, 6.45) is 0.429. The van der Waals surface area contributed by atoms with Gasteiger partial charge in [0.15, 0.2) is 0 Å². The number of nitrogens with two attached hydrogens (primary N) is 1. The molecule has 1 radical (unpaired) electrons. The third kappa shape index (κ3) is 6.18. The molecule has 0 aliphatic heterocycles. The Kier molecular flexibility index (Phi) is 8.58. The van der Waals surface area contributed by atoms with Crippen LogP contribution in [0.1, 0.15) is 6.42 Å². The van der Waals surface area contributed by atoms with Crippen molar-refractivity contribution in [1.29, 1.82) is 0 Å². The summed E-state index contributed by atoms with van der Waals surface area (Å²) in [7, 11) is 0. The van der Waals surface area contributed by atoms with Gasteiger partial charge in [0.05, 0.1) is 0 Å². The molecule has 0 amide bonds. The van der Waals surface area contributed by atoms with Crippen LogP contribution in [-0.2, 0) is 21.9 Å². The Morgan fingerprint density at radius 2 is 2.22 bits per heavy atom. The van der Waals surface area contributed by atoms with Crippen molar-refractivity contribution in [2.45, 2.75) is 12.5 Å². The average Bonchev–Trinajstić information content (AvgIpc) is 1.67. The van der Waals surface area contributed by atoms with Crippen LogP contribution < -0.4 is 5.73 Å². The van der Waals surface area contributed by atoms with Crippen LogP contribution in [0.25, 0.3) is 0 Å². The summed E-state index contributed by atoms with van der Waals surface area (Å²) >= 11 is 3.81. The maximum atomic E-state index is 9.93. The SMILES string of the molecule is N[C@@H](CCS)C(=O)O.[Cu]. The fourth-order valence-corrected chi connectivity index (χ4v) is 0.541. The monoisotopic (exact) mass is 198 g/mol. The summed E-state index contributed by atoms with van der Waals surface area (Å²) in [5.41, 5.74) is 5.08. The molecule has 0 aliphatic carbocycles. The van der Waals surface area contributed by atoms with Gasteiger partial charge in [-0.05, 0) is 12.2 Å². The van der Waals surface area contributed by atoms with E-state index in [1.165, 1.54) is 0 Å². The molecule has 0 aromatic heterocycles. The summed E-state index contributed by atoms with van der Waals surface area (Å²) in [4.78, 5) is 9.93. The van der Waals surface area contributed by atoms with Crippen LogP contribution in [0, 0.1) is 0 Å². The molecule has 0 fully saturated rings. The standard InChI is InChI=1S/C4H9NO2S.Cu/c5-3(1-2-8)4(6)7;/h3,8H,1-2,5H2,(H,6,7);/t3-;/m0./s1. The summed E-state index contributed by atoms with van der Waals surface area (Å²) < 4.78 is 0. The van der Waals surface area contributed by atoms with Crippen molar-refractivity contribution in [2.75, 3.05) is 5.75 Å². The van der Waals surface area contributed by atoms with Gasteiger partial charge in [0.1, 0.15) is 6.04 Å². The average molecular weight is 199 g/mol. The molecule has 0 unspecified atom stereocenters. The van der Waals surface area contributed by atoms with E-state index in [0.717, 1.165) is 0 Å². The Morgan fingerprint density at radius 3 is 2.33 bits per heavy atom. The van der Waals surface area contributed by atoms with Gasteiger partial charge in [0, 0.05) is 17.1 Å². The first kappa shape index (κ1) is 12.0. The van der Waals surface area contributed by atoms with E-state index >= 15 is 0 Å². The minimum Gasteiger partial charge on any atom is -0.480 e. The van der Waals surface area contributed by atoms with Crippen molar-refractivity contribution in [3.8, 4) is 0 Å². The minimum atomic E-state index is -0.959. The molecular weight excluding hydrogens is 190 g/mol. The van der Waals surface area contributed by atoms with Crippen LogP contribution in [0.2, 0.25) is 0 Å². The molecule has 1 atom stereocenters. The van der Waals surface area contributed by atoms with E-state index < -0.39 is 12.0 Å². The minimum absolute atomic E-state index is 0. The van der Waals surface area contributed by atoms with Gasteiger partial charge in [-0.15, -0.1) is 0 Å². The van der Waals surface area contributed by atoms with Crippen molar-refractivity contribution < 1.29 is 27.0 Å². The number of hydrogen-bond acceptors (Lipinski definition) is 3. The van der Waals surface area contributed by atoms with Crippen LogP contribution in [0.15, 0.2) is 0 Å². The molecule has 9 heavy (non-hydrogen) atoms. The van der Waals surface area contributed by atoms with E-state index in [0.29, 0.717) is 12.2 Å². The molecule has 3 N–H and O–H groups in total. The molecule has 0 spiro atoms. The molecule has 0 bridgehead atoms. The molecule has 0 saturated heterocycles. The molecule has 0 aromatic carbocycles.